The lowest BCUT2D eigenvalue weighted by molar-refractivity contribution is -0.141. The van der Waals surface area contributed by atoms with Gasteiger partial charge in [0.05, 0.1) is 5.92 Å². The Morgan fingerprint density at radius 1 is 1.40 bits per heavy atom. The van der Waals surface area contributed by atoms with Crippen LogP contribution < -0.4 is 5.46 Å². The first-order valence-corrected chi connectivity index (χ1v) is 5.00. The van der Waals surface area contributed by atoms with Crippen LogP contribution in [0.2, 0.25) is 6.82 Å². The van der Waals surface area contributed by atoms with Crippen molar-refractivity contribution >= 4 is 18.3 Å². The fraction of sp³-hybridized carbons (Fsp3) is 0.364. The quantitative estimate of drug-likeness (QED) is 0.715. The molecule has 15 heavy (non-hydrogen) atoms. The number of carbonyl (C=O) groups is 1. The van der Waals surface area contributed by atoms with Crippen molar-refractivity contribution in [3.63, 3.8) is 0 Å². The second-order valence-electron chi connectivity index (χ2n) is 3.86. The molecule has 1 rings (SSSR count). The molecule has 0 spiro atoms. The van der Waals surface area contributed by atoms with E-state index in [-0.39, 0.29) is 5.92 Å². The number of aliphatic carboxylic acids is 1. The molecule has 0 saturated carbocycles. The predicted octanol–water partition coefficient (Wildman–Crippen LogP) is 0.770. The molecule has 3 nitrogen and oxygen atoms in total. The van der Waals surface area contributed by atoms with Gasteiger partial charge in [-0.05, 0) is 17.4 Å². The number of carboxylic acids is 1. The Kier molecular flexibility index (Phi) is 3.92. The maximum atomic E-state index is 10.6. The summed E-state index contributed by atoms with van der Waals surface area (Å²) in [6.07, 6.45) is 0.523. The number of hydrogen-bond acceptors (Lipinski definition) is 2. The SMILES string of the molecule is CB(O)c1ccc(CC(C)C(=O)O)cc1. The maximum absolute atomic E-state index is 10.6. The standard InChI is InChI=1S/C11H15BO3/c1-8(11(13)14)7-9-3-5-10(6-4-9)12(2)15/h3-6,8,15H,7H2,1-2H3,(H,13,14). The lowest BCUT2D eigenvalue weighted by Crippen LogP contribution is -2.25. The molecule has 0 aliphatic rings. The first-order valence-electron chi connectivity index (χ1n) is 5.00. The summed E-state index contributed by atoms with van der Waals surface area (Å²) in [4.78, 5) is 10.6. The van der Waals surface area contributed by atoms with Crippen LogP contribution in [-0.2, 0) is 11.2 Å². The molecule has 2 N–H and O–H groups in total. The number of carboxylic acid groups (broad SMARTS) is 1. The first-order chi connectivity index (χ1) is 7.00. The number of rotatable bonds is 4. The van der Waals surface area contributed by atoms with E-state index in [1.807, 2.05) is 24.3 Å². The third kappa shape index (κ3) is 3.40. The van der Waals surface area contributed by atoms with Gasteiger partial charge < -0.3 is 10.1 Å². The van der Waals surface area contributed by atoms with Gasteiger partial charge in [0.1, 0.15) is 0 Å². The van der Waals surface area contributed by atoms with E-state index in [4.69, 9.17) is 5.11 Å². The molecular formula is C11H15BO3. The summed E-state index contributed by atoms with van der Waals surface area (Å²) in [5.74, 6) is -1.16. The lowest BCUT2D eigenvalue weighted by atomic mass is 9.64. The fourth-order valence-electron chi connectivity index (χ4n) is 1.37. The zero-order valence-electron chi connectivity index (χ0n) is 8.97. The van der Waals surface area contributed by atoms with Crippen LogP contribution in [0.5, 0.6) is 0 Å². The van der Waals surface area contributed by atoms with Crippen molar-refractivity contribution in [1.29, 1.82) is 0 Å². The Hall–Kier alpha value is -1.29. The Morgan fingerprint density at radius 3 is 2.33 bits per heavy atom. The van der Waals surface area contributed by atoms with Crippen LogP contribution in [0, 0.1) is 5.92 Å². The van der Waals surface area contributed by atoms with Gasteiger partial charge in [0.15, 0.2) is 0 Å². The molecule has 0 heterocycles. The molecule has 0 bridgehead atoms. The molecular weight excluding hydrogens is 191 g/mol. The van der Waals surface area contributed by atoms with E-state index >= 15 is 0 Å². The molecule has 80 valence electrons. The van der Waals surface area contributed by atoms with Crippen molar-refractivity contribution in [3.8, 4) is 0 Å². The van der Waals surface area contributed by atoms with Gasteiger partial charge in [-0.3, -0.25) is 4.79 Å². The maximum Gasteiger partial charge on any atom is 0.320 e. The Bertz CT molecular complexity index is 332. The molecule has 0 amide bonds. The van der Waals surface area contributed by atoms with Gasteiger partial charge >= 0.3 is 12.9 Å². The van der Waals surface area contributed by atoms with Gasteiger partial charge in [-0.25, -0.2) is 0 Å². The minimum Gasteiger partial charge on any atom is -0.481 e. The molecule has 0 aliphatic heterocycles. The average Bonchev–Trinajstić information content (AvgIpc) is 2.18. The molecule has 1 aromatic rings. The van der Waals surface area contributed by atoms with Gasteiger partial charge in [0, 0.05) is 0 Å². The second kappa shape index (κ2) is 4.98. The predicted molar refractivity (Wildman–Crippen MR) is 60.4 cm³/mol. The summed E-state index contributed by atoms with van der Waals surface area (Å²) in [6, 6.07) is 7.38. The Labute approximate surface area is 89.9 Å². The molecule has 1 aromatic carbocycles. The van der Waals surface area contributed by atoms with Crippen molar-refractivity contribution in [3.05, 3.63) is 29.8 Å². The monoisotopic (exact) mass is 206 g/mol. The number of benzene rings is 1. The highest BCUT2D eigenvalue weighted by Gasteiger charge is 2.12. The van der Waals surface area contributed by atoms with Crippen LogP contribution in [0.1, 0.15) is 12.5 Å². The Morgan fingerprint density at radius 2 is 1.93 bits per heavy atom. The highest BCUT2D eigenvalue weighted by atomic mass is 16.4. The van der Waals surface area contributed by atoms with E-state index in [1.165, 1.54) is 0 Å². The molecule has 0 aromatic heterocycles. The van der Waals surface area contributed by atoms with E-state index in [0.29, 0.717) is 6.42 Å². The smallest absolute Gasteiger partial charge is 0.320 e. The summed E-state index contributed by atoms with van der Waals surface area (Å²) in [6.45, 7) is 2.91. The van der Waals surface area contributed by atoms with Crippen LogP contribution in [0.3, 0.4) is 0 Å². The fourth-order valence-corrected chi connectivity index (χ4v) is 1.37. The third-order valence-corrected chi connectivity index (χ3v) is 2.43. The average molecular weight is 206 g/mol. The van der Waals surface area contributed by atoms with E-state index in [2.05, 4.69) is 0 Å². The Balaban J connectivity index is 2.68. The van der Waals surface area contributed by atoms with E-state index < -0.39 is 12.9 Å². The minimum atomic E-state index is -0.783. The van der Waals surface area contributed by atoms with Crippen molar-refractivity contribution in [1.82, 2.24) is 0 Å². The van der Waals surface area contributed by atoms with Gasteiger partial charge in [0.2, 0.25) is 0 Å². The molecule has 0 fully saturated rings. The van der Waals surface area contributed by atoms with E-state index in [9.17, 15) is 9.82 Å². The van der Waals surface area contributed by atoms with Crippen LogP contribution in [0.4, 0.5) is 0 Å². The highest BCUT2D eigenvalue weighted by Crippen LogP contribution is 2.07. The second-order valence-corrected chi connectivity index (χ2v) is 3.86. The minimum absolute atomic E-state index is 0.373. The summed E-state index contributed by atoms with van der Waals surface area (Å²) in [5, 5.41) is 18.0. The van der Waals surface area contributed by atoms with E-state index in [1.54, 1.807) is 13.7 Å². The lowest BCUT2D eigenvalue weighted by Gasteiger charge is -2.07. The zero-order valence-corrected chi connectivity index (χ0v) is 8.97. The molecule has 1 unspecified atom stereocenters. The van der Waals surface area contributed by atoms with Crippen LogP contribution in [-0.4, -0.2) is 23.0 Å². The van der Waals surface area contributed by atoms with Gasteiger partial charge in [-0.1, -0.05) is 38.0 Å². The summed E-state index contributed by atoms with van der Waals surface area (Å²) >= 11 is 0. The largest absolute Gasteiger partial charge is 0.481 e. The molecule has 0 saturated heterocycles. The van der Waals surface area contributed by atoms with Crippen molar-refractivity contribution in [2.75, 3.05) is 0 Å². The van der Waals surface area contributed by atoms with Gasteiger partial charge in [0.25, 0.3) is 0 Å². The van der Waals surface area contributed by atoms with Gasteiger partial charge in [-0.2, -0.15) is 0 Å². The molecule has 1 atom stereocenters. The van der Waals surface area contributed by atoms with E-state index in [0.717, 1.165) is 11.0 Å². The van der Waals surface area contributed by atoms with Crippen molar-refractivity contribution in [2.24, 2.45) is 5.92 Å². The van der Waals surface area contributed by atoms with Crippen molar-refractivity contribution in [2.45, 2.75) is 20.2 Å². The molecule has 4 heteroatoms. The molecule has 0 radical (unpaired) electrons. The normalized spacial score (nSPS) is 12.2. The first kappa shape index (κ1) is 11.8. The number of hydrogen-bond donors (Lipinski definition) is 2. The zero-order chi connectivity index (χ0) is 11.4. The summed E-state index contributed by atoms with van der Waals surface area (Å²) < 4.78 is 0. The van der Waals surface area contributed by atoms with Gasteiger partial charge in [-0.15, -0.1) is 0 Å². The molecule has 0 aliphatic carbocycles. The van der Waals surface area contributed by atoms with Crippen LogP contribution in [0.25, 0.3) is 0 Å². The topological polar surface area (TPSA) is 57.5 Å². The van der Waals surface area contributed by atoms with Crippen LogP contribution in [0.15, 0.2) is 24.3 Å². The van der Waals surface area contributed by atoms with Crippen molar-refractivity contribution < 1.29 is 14.9 Å². The third-order valence-electron chi connectivity index (χ3n) is 2.43. The highest BCUT2D eigenvalue weighted by molar-refractivity contribution is 6.64. The summed E-state index contributed by atoms with van der Waals surface area (Å²) in [5.41, 5.74) is 1.83. The summed E-state index contributed by atoms with van der Waals surface area (Å²) in [7, 11) is 0. The van der Waals surface area contributed by atoms with Crippen LogP contribution >= 0.6 is 0 Å².